The topological polar surface area (TPSA) is 84.5 Å². The summed E-state index contributed by atoms with van der Waals surface area (Å²) in [6, 6.07) is 11.6. The summed E-state index contributed by atoms with van der Waals surface area (Å²) in [5.41, 5.74) is 1.94. The normalized spacial score (nSPS) is 11.0. The molecule has 0 bridgehead atoms. The zero-order chi connectivity index (χ0) is 18.4. The van der Waals surface area contributed by atoms with Crippen LogP contribution in [0.1, 0.15) is 25.8 Å². The molecule has 0 aliphatic heterocycles. The summed E-state index contributed by atoms with van der Waals surface area (Å²) < 4.78 is 32.8. The van der Waals surface area contributed by atoms with Gasteiger partial charge >= 0.3 is 0 Å². The number of hydrogen-bond acceptors (Lipinski definition) is 4. The molecule has 1 amide bonds. The second-order valence-electron chi connectivity index (χ2n) is 5.60. The molecule has 0 atom stereocenters. The van der Waals surface area contributed by atoms with E-state index < -0.39 is 10.0 Å². The van der Waals surface area contributed by atoms with E-state index in [0.29, 0.717) is 17.1 Å². The molecule has 0 radical (unpaired) electrons. The van der Waals surface area contributed by atoms with E-state index in [4.69, 9.17) is 4.74 Å². The van der Waals surface area contributed by atoms with Crippen LogP contribution in [0.3, 0.4) is 0 Å². The molecule has 0 aliphatic carbocycles. The van der Waals surface area contributed by atoms with Crippen molar-refractivity contribution in [2.45, 2.75) is 31.6 Å². The Morgan fingerprint density at radius 1 is 1.12 bits per heavy atom. The minimum atomic E-state index is -3.78. The Balaban J connectivity index is 2.27. The largest absolute Gasteiger partial charge is 0.495 e. The van der Waals surface area contributed by atoms with Gasteiger partial charge in [0, 0.05) is 12.6 Å². The van der Waals surface area contributed by atoms with Crippen molar-refractivity contribution >= 4 is 27.3 Å². The standard InChI is InChI=1S/C18H22N2O4S/c1-4-5-14-6-8-15(9-7-14)20-25(22,23)16-10-11-18(24-3)17(12-16)19-13(2)21/h6-12,20H,4-5H2,1-3H3,(H,19,21). The number of nitrogens with one attached hydrogen (secondary N) is 2. The minimum Gasteiger partial charge on any atom is -0.495 e. The number of carbonyl (C=O) groups excluding carboxylic acids is 1. The van der Waals surface area contributed by atoms with Crippen LogP contribution in [0, 0.1) is 0 Å². The molecule has 2 aromatic carbocycles. The smallest absolute Gasteiger partial charge is 0.261 e. The fourth-order valence-corrected chi connectivity index (χ4v) is 3.47. The van der Waals surface area contributed by atoms with E-state index in [9.17, 15) is 13.2 Å². The molecule has 2 rings (SSSR count). The fraction of sp³-hybridized carbons (Fsp3) is 0.278. The van der Waals surface area contributed by atoms with E-state index in [0.717, 1.165) is 18.4 Å². The lowest BCUT2D eigenvalue weighted by Crippen LogP contribution is -2.14. The first kappa shape index (κ1) is 18.8. The van der Waals surface area contributed by atoms with Crippen molar-refractivity contribution < 1.29 is 17.9 Å². The number of hydrogen-bond donors (Lipinski definition) is 2. The maximum absolute atomic E-state index is 12.6. The van der Waals surface area contributed by atoms with Crippen molar-refractivity contribution in [3.8, 4) is 5.75 Å². The Labute approximate surface area is 148 Å². The lowest BCUT2D eigenvalue weighted by molar-refractivity contribution is -0.114. The third-order valence-electron chi connectivity index (χ3n) is 3.54. The van der Waals surface area contributed by atoms with E-state index in [2.05, 4.69) is 17.0 Å². The zero-order valence-corrected chi connectivity index (χ0v) is 15.3. The number of carbonyl (C=O) groups is 1. The first-order valence-corrected chi connectivity index (χ1v) is 9.41. The molecule has 0 heterocycles. The van der Waals surface area contributed by atoms with Crippen LogP contribution in [-0.4, -0.2) is 21.4 Å². The fourth-order valence-electron chi connectivity index (χ4n) is 2.38. The Morgan fingerprint density at radius 3 is 2.36 bits per heavy atom. The number of benzene rings is 2. The van der Waals surface area contributed by atoms with Crippen molar-refractivity contribution in [1.29, 1.82) is 0 Å². The molecule has 0 aromatic heterocycles. The van der Waals surface area contributed by atoms with Crippen LogP contribution in [0.2, 0.25) is 0 Å². The predicted molar refractivity (Wildman–Crippen MR) is 98.5 cm³/mol. The second-order valence-corrected chi connectivity index (χ2v) is 7.28. The van der Waals surface area contributed by atoms with E-state index >= 15 is 0 Å². The molecule has 0 fully saturated rings. The average molecular weight is 362 g/mol. The predicted octanol–water partition coefficient (Wildman–Crippen LogP) is 3.41. The number of aryl methyl sites for hydroxylation is 1. The van der Waals surface area contributed by atoms with Gasteiger partial charge in [0.05, 0.1) is 17.7 Å². The number of amides is 1. The number of sulfonamides is 1. The summed E-state index contributed by atoms with van der Waals surface area (Å²) in [6.07, 6.45) is 1.98. The summed E-state index contributed by atoms with van der Waals surface area (Å²) in [7, 11) is -2.33. The SMILES string of the molecule is CCCc1ccc(NS(=O)(=O)c2ccc(OC)c(NC(C)=O)c2)cc1. The van der Waals surface area contributed by atoms with E-state index in [1.165, 1.54) is 32.2 Å². The van der Waals surface area contributed by atoms with Crippen molar-refractivity contribution in [1.82, 2.24) is 0 Å². The molecule has 0 saturated heterocycles. The molecule has 2 N–H and O–H groups in total. The van der Waals surface area contributed by atoms with Gasteiger partial charge in [0.2, 0.25) is 5.91 Å². The summed E-state index contributed by atoms with van der Waals surface area (Å²) >= 11 is 0. The van der Waals surface area contributed by atoms with Crippen molar-refractivity contribution in [2.75, 3.05) is 17.1 Å². The van der Waals surface area contributed by atoms with Gasteiger partial charge in [0.1, 0.15) is 5.75 Å². The third-order valence-corrected chi connectivity index (χ3v) is 4.92. The first-order valence-electron chi connectivity index (χ1n) is 7.93. The van der Waals surface area contributed by atoms with E-state index in [-0.39, 0.29) is 10.8 Å². The molecule has 0 spiro atoms. The van der Waals surface area contributed by atoms with Crippen LogP contribution in [-0.2, 0) is 21.2 Å². The maximum Gasteiger partial charge on any atom is 0.261 e. The van der Waals surface area contributed by atoms with Gasteiger partial charge in [-0.25, -0.2) is 8.42 Å². The van der Waals surface area contributed by atoms with Gasteiger partial charge in [-0.3, -0.25) is 9.52 Å². The summed E-state index contributed by atoms with van der Waals surface area (Å²) in [5.74, 6) is 0.0744. The molecule has 0 unspecified atom stereocenters. The van der Waals surface area contributed by atoms with Crippen LogP contribution in [0.25, 0.3) is 0 Å². The third kappa shape index (κ3) is 4.96. The minimum absolute atomic E-state index is 0.0367. The highest BCUT2D eigenvalue weighted by Gasteiger charge is 2.17. The van der Waals surface area contributed by atoms with E-state index in [1.807, 2.05) is 12.1 Å². The number of anilines is 2. The van der Waals surface area contributed by atoms with Crippen LogP contribution in [0.15, 0.2) is 47.4 Å². The molecule has 0 saturated carbocycles. The summed E-state index contributed by atoms with van der Waals surface area (Å²) in [5, 5.41) is 2.57. The zero-order valence-electron chi connectivity index (χ0n) is 14.5. The van der Waals surface area contributed by atoms with Crippen LogP contribution in [0.5, 0.6) is 5.75 Å². The highest BCUT2D eigenvalue weighted by atomic mass is 32.2. The molecule has 25 heavy (non-hydrogen) atoms. The molecular weight excluding hydrogens is 340 g/mol. The highest BCUT2D eigenvalue weighted by Crippen LogP contribution is 2.28. The van der Waals surface area contributed by atoms with Gasteiger partial charge in [-0.15, -0.1) is 0 Å². The number of ether oxygens (including phenoxy) is 1. The van der Waals surface area contributed by atoms with E-state index in [1.54, 1.807) is 12.1 Å². The number of methoxy groups -OCH3 is 1. The molecule has 0 aliphatic rings. The van der Waals surface area contributed by atoms with Crippen molar-refractivity contribution in [3.63, 3.8) is 0 Å². The van der Waals surface area contributed by atoms with Gasteiger partial charge in [-0.1, -0.05) is 25.5 Å². The van der Waals surface area contributed by atoms with Gasteiger partial charge in [0.15, 0.2) is 0 Å². The molecule has 6 nitrogen and oxygen atoms in total. The van der Waals surface area contributed by atoms with Crippen LogP contribution >= 0.6 is 0 Å². The Morgan fingerprint density at radius 2 is 1.80 bits per heavy atom. The second kappa shape index (κ2) is 8.02. The lowest BCUT2D eigenvalue weighted by Gasteiger charge is -2.13. The number of rotatable bonds is 7. The Bertz CT molecular complexity index is 846. The van der Waals surface area contributed by atoms with Crippen molar-refractivity contribution in [3.05, 3.63) is 48.0 Å². The van der Waals surface area contributed by atoms with Gasteiger partial charge in [0.25, 0.3) is 10.0 Å². The van der Waals surface area contributed by atoms with Crippen LogP contribution in [0.4, 0.5) is 11.4 Å². The monoisotopic (exact) mass is 362 g/mol. The van der Waals surface area contributed by atoms with Crippen molar-refractivity contribution in [2.24, 2.45) is 0 Å². The van der Waals surface area contributed by atoms with Gasteiger partial charge in [-0.05, 0) is 42.3 Å². The summed E-state index contributed by atoms with van der Waals surface area (Å²) in [6.45, 7) is 3.43. The quantitative estimate of drug-likeness (QED) is 0.790. The molecule has 7 heteroatoms. The molecule has 2 aromatic rings. The van der Waals surface area contributed by atoms with Gasteiger partial charge < -0.3 is 10.1 Å². The highest BCUT2D eigenvalue weighted by molar-refractivity contribution is 7.92. The molecule has 134 valence electrons. The van der Waals surface area contributed by atoms with Crippen LogP contribution < -0.4 is 14.8 Å². The average Bonchev–Trinajstić information content (AvgIpc) is 2.56. The lowest BCUT2D eigenvalue weighted by atomic mass is 10.1. The Hall–Kier alpha value is -2.54. The first-order chi connectivity index (χ1) is 11.9. The molecular formula is C18H22N2O4S. The maximum atomic E-state index is 12.6. The van der Waals surface area contributed by atoms with Gasteiger partial charge in [-0.2, -0.15) is 0 Å². The summed E-state index contributed by atoms with van der Waals surface area (Å²) in [4.78, 5) is 11.3. The Kier molecular flexibility index (Phi) is 6.03.